The van der Waals surface area contributed by atoms with Gasteiger partial charge in [-0.25, -0.2) is 4.99 Å². The number of halogens is 1. The number of aliphatic imine (C=N–C) groups is 1. The molecule has 0 fully saturated rings. The number of aromatic nitrogens is 3. The lowest BCUT2D eigenvalue weighted by Gasteiger charge is -2.14. The van der Waals surface area contributed by atoms with Gasteiger partial charge in [-0.1, -0.05) is 19.1 Å². The fourth-order valence-electron chi connectivity index (χ4n) is 2.70. The Balaban J connectivity index is 0.00000192. The topological polar surface area (TPSA) is 81.1 Å². The van der Waals surface area contributed by atoms with Crippen LogP contribution in [0.3, 0.4) is 0 Å². The number of anilines is 1. The first kappa shape index (κ1) is 17.7. The van der Waals surface area contributed by atoms with Gasteiger partial charge < -0.3 is 15.6 Å². The van der Waals surface area contributed by atoms with Gasteiger partial charge in [0, 0.05) is 18.7 Å². The summed E-state index contributed by atoms with van der Waals surface area (Å²) in [5, 5.41) is 11.6. The zero-order valence-electron chi connectivity index (χ0n) is 13.3. The van der Waals surface area contributed by atoms with E-state index in [1.807, 2.05) is 12.1 Å². The molecule has 0 saturated carbocycles. The van der Waals surface area contributed by atoms with Crippen molar-refractivity contribution in [2.75, 3.05) is 5.32 Å². The molecular formula is C16H23IN6. The molecule has 6 nitrogen and oxygen atoms in total. The van der Waals surface area contributed by atoms with Gasteiger partial charge >= 0.3 is 0 Å². The molecule has 1 aromatic heterocycles. The van der Waals surface area contributed by atoms with Crippen LogP contribution < -0.4 is 11.1 Å². The van der Waals surface area contributed by atoms with Crippen LogP contribution in [0.4, 0.5) is 5.69 Å². The number of rotatable bonds is 4. The quantitative estimate of drug-likeness (QED) is 0.448. The molecule has 2 heterocycles. The highest BCUT2D eigenvalue weighted by molar-refractivity contribution is 14.0. The van der Waals surface area contributed by atoms with Crippen LogP contribution in [0.2, 0.25) is 0 Å². The molecule has 1 aromatic carbocycles. The van der Waals surface area contributed by atoms with Crippen molar-refractivity contribution in [1.82, 2.24) is 14.8 Å². The molecule has 1 aliphatic heterocycles. The predicted octanol–water partition coefficient (Wildman–Crippen LogP) is 2.72. The first-order valence-corrected chi connectivity index (χ1v) is 7.83. The Hall–Kier alpha value is -1.64. The van der Waals surface area contributed by atoms with Crippen molar-refractivity contribution in [2.45, 2.75) is 45.7 Å². The molecule has 3 rings (SSSR count). The summed E-state index contributed by atoms with van der Waals surface area (Å²) in [6, 6.07) is 8.19. The first-order chi connectivity index (χ1) is 10.8. The summed E-state index contributed by atoms with van der Waals surface area (Å²) in [5.41, 5.74) is 8.20. The zero-order valence-corrected chi connectivity index (χ0v) is 15.7. The van der Waals surface area contributed by atoms with E-state index < -0.39 is 0 Å². The van der Waals surface area contributed by atoms with E-state index in [4.69, 9.17) is 5.73 Å². The van der Waals surface area contributed by atoms with Crippen LogP contribution in [0, 0.1) is 0 Å². The monoisotopic (exact) mass is 426 g/mol. The van der Waals surface area contributed by atoms with Crippen LogP contribution in [0.1, 0.15) is 37.0 Å². The Bertz CT molecular complexity index is 679. The molecule has 1 aliphatic rings. The number of hydrogen-bond donors (Lipinski definition) is 2. The second kappa shape index (κ2) is 8.28. The second-order valence-corrected chi connectivity index (χ2v) is 5.52. The highest BCUT2D eigenvalue weighted by atomic mass is 127. The number of nitrogens with one attached hydrogen (secondary N) is 1. The maximum Gasteiger partial charge on any atom is 0.193 e. The molecule has 0 aliphatic carbocycles. The summed E-state index contributed by atoms with van der Waals surface area (Å²) in [4.78, 5) is 4.39. The first-order valence-electron chi connectivity index (χ1n) is 7.83. The van der Waals surface area contributed by atoms with Gasteiger partial charge in [-0.3, -0.25) is 0 Å². The lowest BCUT2D eigenvalue weighted by molar-refractivity contribution is 0.508. The molecule has 0 atom stereocenters. The van der Waals surface area contributed by atoms with Gasteiger partial charge in [0.1, 0.15) is 12.4 Å². The summed E-state index contributed by atoms with van der Waals surface area (Å²) in [7, 11) is 0. The van der Waals surface area contributed by atoms with Crippen LogP contribution >= 0.6 is 24.0 Å². The average molecular weight is 426 g/mol. The average Bonchev–Trinajstić information content (AvgIpc) is 2.96. The molecule has 0 amide bonds. The van der Waals surface area contributed by atoms with E-state index in [2.05, 4.69) is 44.1 Å². The number of benzene rings is 1. The van der Waals surface area contributed by atoms with Crippen molar-refractivity contribution < 1.29 is 0 Å². The van der Waals surface area contributed by atoms with Gasteiger partial charge in [0.2, 0.25) is 0 Å². The van der Waals surface area contributed by atoms with E-state index in [0.717, 1.165) is 36.7 Å². The molecule has 7 heteroatoms. The van der Waals surface area contributed by atoms with Crippen molar-refractivity contribution in [3.05, 3.63) is 41.5 Å². The Kier molecular flexibility index (Phi) is 6.37. The number of fused-ring (bicyclic) bond motifs is 1. The van der Waals surface area contributed by atoms with E-state index in [0.29, 0.717) is 12.5 Å². The van der Waals surface area contributed by atoms with Crippen molar-refractivity contribution in [3.8, 4) is 0 Å². The molecule has 3 N–H and O–H groups in total. The minimum atomic E-state index is 0. The van der Waals surface area contributed by atoms with Gasteiger partial charge in [0.25, 0.3) is 0 Å². The van der Waals surface area contributed by atoms with Crippen molar-refractivity contribution in [1.29, 1.82) is 0 Å². The Morgan fingerprint density at radius 2 is 2.22 bits per heavy atom. The third kappa shape index (κ3) is 4.43. The smallest absolute Gasteiger partial charge is 0.193 e. The molecule has 0 unspecified atom stereocenters. The molecule has 2 aromatic rings. The molecule has 0 radical (unpaired) electrons. The predicted molar refractivity (Wildman–Crippen MR) is 103 cm³/mol. The lowest BCUT2D eigenvalue weighted by atomic mass is 10.1. The highest BCUT2D eigenvalue weighted by Crippen LogP contribution is 2.15. The lowest BCUT2D eigenvalue weighted by Crippen LogP contribution is -2.23. The number of nitrogens with zero attached hydrogens (tertiary/aromatic N) is 4. The number of nitrogens with two attached hydrogens (primary N) is 1. The van der Waals surface area contributed by atoms with E-state index >= 15 is 0 Å². The van der Waals surface area contributed by atoms with Gasteiger partial charge in [-0.15, -0.1) is 34.2 Å². The number of hydrogen-bond acceptors (Lipinski definition) is 3. The number of aryl methyl sites for hydroxylation is 2. The SMILES string of the molecule is CCc1cccc(NC(N)=NCc2nnc3n2CCCC3)c1.I. The largest absolute Gasteiger partial charge is 0.370 e. The Morgan fingerprint density at radius 3 is 3.04 bits per heavy atom. The van der Waals surface area contributed by atoms with Crippen LogP contribution in [0.5, 0.6) is 0 Å². The van der Waals surface area contributed by atoms with E-state index in [1.165, 1.54) is 18.4 Å². The fraction of sp³-hybridized carbons (Fsp3) is 0.438. The number of guanidine groups is 1. The Morgan fingerprint density at radius 1 is 1.35 bits per heavy atom. The molecule has 0 spiro atoms. The van der Waals surface area contributed by atoms with Crippen LogP contribution in [0.25, 0.3) is 0 Å². The summed E-state index contributed by atoms with van der Waals surface area (Å²) < 4.78 is 2.16. The third-order valence-corrected chi connectivity index (χ3v) is 3.93. The molecule has 0 saturated heterocycles. The fourth-order valence-corrected chi connectivity index (χ4v) is 2.70. The third-order valence-electron chi connectivity index (χ3n) is 3.93. The molecule has 124 valence electrons. The van der Waals surface area contributed by atoms with Crippen LogP contribution in [-0.2, 0) is 25.9 Å². The maximum atomic E-state index is 5.97. The Labute approximate surface area is 153 Å². The maximum absolute atomic E-state index is 5.97. The van der Waals surface area contributed by atoms with E-state index in [-0.39, 0.29) is 24.0 Å². The van der Waals surface area contributed by atoms with Gasteiger partial charge in [-0.05, 0) is 37.0 Å². The van der Waals surface area contributed by atoms with Crippen LogP contribution in [-0.4, -0.2) is 20.7 Å². The van der Waals surface area contributed by atoms with Crippen molar-refractivity contribution in [3.63, 3.8) is 0 Å². The highest BCUT2D eigenvalue weighted by Gasteiger charge is 2.15. The summed E-state index contributed by atoms with van der Waals surface area (Å²) in [6.45, 7) is 3.57. The summed E-state index contributed by atoms with van der Waals surface area (Å²) in [6.07, 6.45) is 4.38. The minimum Gasteiger partial charge on any atom is -0.370 e. The normalized spacial score (nSPS) is 14.0. The molecule has 23 heavy (non-hydrogen) atoms. The van der Waals surface area contributed by atoms with E-state index in [9.17, 15) is 0 Å². The van der Waals surface area contributed by atoms with Gasteiger partial charge in [-0.2, -0.15) is 0 Å². The summed E-state index contributed by atoms with van der Waals surface area (Å²) in [5.74, 6) is 2.36. The second-order valence-electron chi connectivity index (χ2n) is 5.52. The van der Waals surface area contributed by atoms with Crippen molar-refractivity contribution >= 4 is 35.6 Å². The van der Waals surface area contributed by atoms with Crippen molar-refractivity contribution in [2.24, 2.45) is 10.7 Å². The van der Waals surface area contributed by atoms with Crippen LogP contribution in [0.15, 0.2) is 29.3 Å². The van der Waals surface area contributed by atoms with Gasteiger partial charge in [0.15, 0.2) is 11.8 Å². The standard InChI is InChI=1S/C16H22N6.HI/c1-2-12-6-5-7-13(10-12)19-16(17)18-11-15-21-20-14-8-3-4-9-22(14)15;/h5-7,10H,2-4,8-9,11H2,1H3,(H3,17,18,19);1H. The molecular weight excluding hydrogens is 403 g/mol. The summed E-state index contributed by atoms with van der Waals surface area (Å²) >= 11 is 0. The molecule has 0 bridgehead atoms. The van der Waals surface area contributed by atoms with E-state index in [1.54, 1.807) is 0 Å². The van der Waals surface area contributed by atoms with Gasteiger partial charge in [0.05, 0.1) is 0 Å². The zero-order chi connectivity index (χ0) is 15.4. The minimum absolute atomic E-state index is 0.